The number of ether oxygens (including phenoxy) is 1. The number of rotatable bonds is 10. The summed E-state index contributed by atoms with van der Waals surface area (Å²) in [5.41, 5.74) is 1.76. The first-order valence-electron chi connectivity index (χ1n) is 10.3. The van der Waals surface area contributed by atoms with E-state index in [0.717, 1.165) is 39.6 Å². The number of thiophene rings is 1. The Labute approximate surface area is 176 Å². The summed E-state index contributed by atoms with van der Waals surface area (Å²) in [6.45, 7) is 6.94. The molecule has 154 valence electrons. The number of nitrogens with zero attached hydrogens (tertiary/aromatic N) is 3. The van der Waals surface area contributed by atoms with Crippen molar-refractivity contribution in [2.75, 3.05) is 6.61 Å². The number of aryl methyl sites for hydroxylation is 2. The second-order valence-corrected chi connectivity index (χ2v) is 8.49. The van der Waals surface area contributed by atoms with E-state index in [4.69, 9.17) is 4.74 Å². The van der Waals surface area contributed by atoms with Crippen molar-refractivity contribution < 1.29 is 4.74 Å². The van der Waals surface area contributed by atoms with Gasteiger partial charge in [0, 0.05) is 4.88 Å². The number of hydrogen-bond acceptors (Lipinski definition) is 5. The van der Waals surface area contributed by atoms with Crippen molar-refractivity contribution in [2.45, 2.75) is 59.3 Å². The molecule has 3 aromatic rings. The van der Waals surface area contributed by atoms with Gasteiger partial charge in [0.15, 0.2) is 0 Å². The van der Waals surface area contributed by atoms with E-state index >= 15 is 0 Å². The van der Waals surface area contributed by atoms with Gasteiger partial charge in [-0.2, -0.15) is 9.78 Å². The average Bonchev–Trinajstić information content (AvgIpc) is 3.02. The molecule has 0 amide bonds. The molecule has 2 heterocycles. The van der Waals surface area contributed by atoms with Crippen LogP contribution in [0.3, 0.4) is 0 Å². The topological polar surface area (TPSA) is 56.5 Å². The third-order valence-electron chi connectivity index (χ3n) is 5.05. The Hall–Kier alpha value is -2.47. The molecule has 0 radical (unpaired) electrons. The van der Waals surface area contributed by atoms with Crippen LogP contribution in [0, 0.1) is 13.8 Å². The van der Waals surface area contributed by atoms with Gasteiger partial charge in [0.05, 0.1) is 18.2 Å². The van der Waals surface area contributed by atoms with Crippen LogP contribution >= 0.6 is 11.3 Å². The van der Waals surface area contributed by atoms with Crippen LogP contribution in [0.1, 0.15) is 61.5 Å². The van der Waals surface area contributed by atoms with Gasteiger partial charge in [-0.25, -0.2) is 4.98 Å². The van der Waals surface area contributed by atoms with Gasteiger partial charge in [0.1, 0.15) is 16.9 Å². The highest BCUT2D eigenvalue weighted by atomic mass is 32.1. The fourth-order valence-electron chi connectivity index (χ4n) is 3.16. The van der Waals surface area contributed by atoms with Crippen LogP contribution in [0.25, 0.3) is 10.2 Å². The molecule has 0 fully saturated rings. The minimum Gasteiger partial charge on any atom is -0.494 e. The van der Waals surface area contributed by atoms with E-state index in [9.17, 15) is 4.79 Å². The molecule has 3 rings (SSSR count). The van der Waals surface area contributed by atoms with Gasteiger partial charge in [-0.3, -0.25) is 4.79 Å². The average molecular weight is 412 g/mol. The lowest BCUT2D eigenvalue weighted by molar-refractivity contribution is 0.304. The maximum atomic E-state index is 12.7. The maximum Gasteiger partial charge on any atom is 0.282 e. The van der Waals surface area contributed by atoms with Crippen molar-refractivity contribution in [1.82, 2.24) is 9.66 Å². The second kappa shape index (κ2) is 10.3. The van der Waals surface area contributed by atoms with Gasteiger partial charge >= 0.3 is 0 Å². The first-order chi connectivity index (χ1) is 14.1. The minimum atomic E-state index is -0.132. The number of benzene rings is 1. The van der Waals surface area contributed by atoms with E-state index in [1.807, 2.05) is 38.1 Å². The Kier molecular flexibility index (Phi) is 7.58. The standard InChI is InChI=1S/C23H29N3O2S/c1-4-5-6-7-8-9-14-28-20-12-10-19(11-13-20)15-25-26-16-24-22-21(23(26)27)17(2)18(3)29-22/h10-13,15-16H,4-9,14H2,1-3H3. The summed E-state index contributed by atoms with van der Waals surface area (Å²) in [6.07, 6.45) is 10.7. The highest BCUT2D eigenvalue weighted by molar-refractivity contribution is 7.18. The highest BCUT2D eigenvalue weighted by Gasteiger charge is 2.11. The number of aromatic nitrogens is 2. The predicted molar refractivity (Wildman–Crippen MR) is 122 cm³/mol. The summed E-state index contributed by atoms with van der Waals surface area (Å²) >= 11 is 1.54. The Bertz CT molecular complexity index is 1020. The number of fused-ring (bicyclic) bond motifs is 1. The summed E-state index contributed by atoms with van der Waals surface area (Å²) in [5, 5.41) is 4.96. The monoisotopic (exact) mass is 411 g/mol. The lowest BCUT2D eigenvalue weighted by Crippen LogP contribution is -2.16. The Morgan fingerprint density at radius 2 is 1.83 bits per heavy atom. The third kappa shape index (κ3) is 5.54. The van der Waals surface area contributed by atoms with Gasteiger partial charge in [-0.05, 0) is 55.7 Å². The molecule has 0 atom stereocenters. The zero-order valence-corrected chi connectivity index (χ0v) is 18.3. The number of hydrogen-bond donors (Lipinski definition) is 0. The molecule has 0 bridgehead atoms. The normalized spacial score (nSPS) is 11.6. The van der Waals surface area contributed by atoms with Crippen LogP contribution in [0.4, 0.5) is 0 Å². The molecule has 29 heavy (non-hydrogen) atoms. The molecule has 0 saturated heterocycles. The zero-order chi connectivity index (χ0) is 20.6. The lowest BCUT2D eigenvalue weighted by Gasteiger charge is -2.06. The first-order valence-corrected chi connectivity index (χ1v) is 11.2. The van der Waals surface area contributed by atoms with Crippen molar-refractivity contribution in [1.29, 1.82) is 0 Å². The number of unbranched alkanes of at least 4 members (excludes halogenated alkanes) is 5. The van der Waals surface area contributed by atoms with Crippen LogP contribution < -0.4 is 10.3 Å². The fraction of sp³-hybridized carbons (Fsp3) is 0.435. The van der Waals surface area contributed by atoms with E-state index in [0.29, 0.717) is 5.39 Å². The lowest BCUT2D eigenvalue weighted by atomic mass is 10.1. The molecular formula is C23H29N3O2S. The van der Waals surface area contributed by atoms with E-state index in [1.165, 1.54) is 43.1 Å². The molecule has 0 aliphatic carbocycles. The van der Waals surface area contributed by atoms with Gasteiger partial charge in [0.2, 0.25) is 0 Å². The molecule has 0 spiro atoms. The smallest absolute Gasteiger partial charge is 0.282 e. The minimum absolute atomic E-state index is 0.132. The SMILES string of the molecule is CCCCCCCCOc1ccc(C=Nn2cnc3sc(C)c(C)c3c2=O)cc1. The van der Waals surface area contributed by atoms with Crippen LogP contribution in [-0.4, -0.2) is 22.5 Å². The molecule has 0 saturated carbocycles. The van der Waals surface area contributed by atoms with Gasteiger partial charge in [-0.15, -0.1) is 11.3 Å². The molecule has 0 unspecified atom stereocenters. The van der Waals surface area contributed by atoms with E-state index in [-0.39, 0.29) is 5.56 Å². The second-order valence-electron chi connectivity index (χ2n) is 7.29. The van der Waals surface area contributed by atoms with Crippen molar-refractivity contribution in [3.05, 3.63) is 57.0 Å². The molecule has 0 aliphatic heterocycles. The Morgan fingerprint density at radius 3 is 2.59 bits per heavy atom. The predicted octanol–water partition coefficient (Wildman–Crippen LogP) is 5.70. The molecule has 0 aliphatic rings. The Morgan fingerprint density at radius 1 is 1.10 bits per heavy atom. The van der Waals surface area contributed by atoms with Crippen molar-refractivity contribution >= 4 is 27.8 Å². The third-order valence-corrected chi connectivity index (χ3v) is 6.17. The van der Waals surface area contributed by atoms with Gasteiger partial charge in [-0.1, -0.05) is 39.0 Å². The van der Waals surface area contributed by atoms with Crippen molar-refractivity contribution in [2.24, 2.45) is 5.10 Å². The van der Waals surface area contributed by atoms with E-state index < -0.39 is 0 Å². The summed E-state index contributed by atoms with van der Waals surface area (Å²) in [5.74, 6) is 0.861. The van der Waals surface area contributed by atoms with Crippen LogP contribution in [-0.2, 0) is 0 Å². The van der Waals surface area contributed by atoms with Crippen molar-refractivity contribution in [3.63, 3.8) is 0 Å². The van der Waals surface area contributed by atoms with Gasteiger partial charge < -0.3 is 4.74 Å². The van der Waals surface area contributed by atoms with Crippen LogP contribution in [0.2, 0.25) is 0 Å². The van der Waals surface area contributed by atoms with E-state index in [2.05, 4.69) is 17.0 Å². The molecule has 6 heteroatoms. The molecule has 1 aromatic carbocycles. The highest BCUT2D eigenvalue weighted by Crippen LogP contribution is 2.25. The van der Waals surface area contributed by atoms with Crippen LogP contribution in [0.15, 0.2) is 40.5 Å². The Balaban J connectivity index is 1.56. The maximum absolute atomic E-state index is 12.7. The zero-order valence-electron chi connectivity index (χ0n) is 17.5. The molecule has 2 aromatic heterocycles. The summed E-state index contributed by atoms with van der Waals surface area (Å²) in [7, 11) is 0. The summed E-state index contributed by atoms with van der Waals surface area (Å²) < 4.78 is 7.10. The first kappa shape index (κ1) is 21.2. The van der Waals surface area contributed by atoms with Crippen LogP contribution in [0.5, 0.6) is 5.75 Å². The molecular weight excluding hydrogens is 382 g/mol. The quantitative estimate of drug-likeness (QED) is 0.318. The fourth-order valence-corrected chi connectivity index (χ4v) is 4.15. The summed E-state index contributed by atoms with van der Waals surface area (Å²) in [6, 6.07) is 7.76. The van der Waals surface area contributed by atoms with E-state index in [1.54, 1.807) is 17.6 Å². The summed E-state index contributed by atoms with van der Waals surface area (Å²) in [4.78, 5) is 18.9. The molecule has 0 N–H and O–H groups in total. The van der Waals surface area contributed by atoms with Gasteiger partial charge in [0.25, 0.3) is 5.56 Å². The molecule has 5 nitrogen and oxygen atoms in total. The largest absolute Gasteiger partial charge is 0.494 e. The van der Waals surface area contributed by atoms with Crippen molar-refractivity contribution in [3.8, 4) is 5.75 Å².